The Bertz CT molecular complexity index is 2160. The molecule has 1 amide bonds. The van der Waals surface area contributed by atoms with Gasteiger partial charge in [0, 0.05) is 18.1 Å². The van der Waals surface area contributed by atoms with Crippen molar-refractivity contribution in [3.8, 4) is 28.3 Å². The van der Waals surface area contributed by atoms with Gasteiger partial charge in [0.05, 0.1) is 29.5 Å². The molecule has 0 aliphatic carbocycles. The number of aryl methyl sites for hydroxylation is 1. The molecule has 3 N–H and O–H groups in total. The third kappa shape index (κ3) is 6.34. The number of nitrogens with two attached hydrogens (primary N) is 1. The van der Waals surface area contributed by atoms with E-state index in [0.29, 0.717) is 45.1 Å². The molecule has 0 radical (unpaired) electrons. The molecule has 0 fully saturated rings. The Morgan fingerprint density at radius 2 is 1.36 bits per heavy atom. The summed E-state index contributed by atoms with van der Waals surface area (Å²) in [7, 11) is 0. The number of benzene rings is 2. The predicted octanol–water partition coefficient (Wildman–Crippen LogP) is 3.88. The minimum Gasteiger partial charge on any atom is -0.368 e. The number of nitrogens with zero attached hydrogens (tertiary/aromatic N) is 11. The van der Waals surface area contributed by atoms with Gasteiger partial charge in [0.2, 0.25) is 17.8 Å². The highest BCUT2D eigenvalue weighted by molar-refractivity contribution is 5.89. The fourth-order valence-electron chi connectivity index (χ4n) is 4.17. The van der Waals surface area contributed by atoms with Crippen molar-refractivity contribution in [2.24, 2.45) is 0 Å². The predicted molar refractivity (Wildman–Crippen MR) is 159 cm³/mol. The van der Waals surface area contributed by atoms with Gasteiger partial charge < -0.3 is 5.73 Å². The van der Waals surface area contributed by atoms with Crippen molar-refractivity contribution in [2.45, 2.75) is 13.8 Å². The molecule has 5 heterocycles. The van der Waals surface area contributed by atoms with E-state index < -0.39 is 0 Å². The molecule has 0 unspecified atom stereocenters. The lowest BCUT2D eigenvalue weighted by Gasteiger charge is -2.08. The summed E-state index contributed by atoms with van der Waals surface area (Å²) in [6.45, 7) is 3.15. The first-order chi connectivity index (χ1) is 21.7. The van der Waals surface area contributed by atoms with Crippen LogP contribution < -0.4 is 11.1 Å². The SMILES string of the molecule is CC(=O)Nc1nc(-n2cncn2)c2nc(-c3ccc(F)cc3)cnc2n1.Cc1nc(N)nc2ncc(-c3ccc(F)cc3)nc12. The molecule has 45 heavy (non-hydrogen) atoms. The van der Waals surface area contributed by atoms with Crippen LogP contribution in [0.1, 0.15) is 12.6 Å². The molecule has 7 rings (SSSR count). The van der Waals surface area contributed by atoms with E-state index in [2.05, 4.69) is 55.3 Å². The maximum Gasteiger partial charge on any atom is 0.233 e. The minimum absolute atomic E-state index is 0.0827. The van der Waals surface area contributed by atoms with Gasteiger partial charge in [-0.15, -0.1) is 0 Å². The van der Waals surface area contributed by atoms with Gasteiger partial charge in [0.25, 0.3) is 0 Å². The van der Waals surface area contributed by atoms with E-state index in [4.69, 9.17) is 5.73 Å². The monoisotopic (exact) mass is 605 g/mol. The summed E-state index contributed by atoms with van der Waals surface area (Å²) in [6.07, 6.45) is 5.90. The van der Waals surface area contributed by atoms with Gasteiger partial charge in [-0.1, -0.05) is 0 Å². The highest BCUT2D eigenvalue weighted by Gasteiger charge is 2.15. The number of nitrogens with one attached hydrogen (secondary N) is 1. The average Bonchev–Trinajstić information content (AvgIpc) is 3.56. The summed E-state index contributed by atoms with van der Waals surface area (Å²) in [4.78, 5) is 49.3. The van der Waals surface area contributed by atoms with E-state index in [9.17, 15) is 13.6 Å². The van der Waals surface area contributed by atoms with E-state index in [1.165, 1.54) is 54.7 Å². The van der Waals surface area contributed by atoms with Crippen LogP contribution in [-0.2, 0) is 4.79 Å². The first-order valence-electron chi connectivity index (χ1n) is 13.2. The zero-order valence-corrected chi connectivity index (χ0v) is 23.6. The number of nitrogen functional groups attached to an aromatic ring is 1. The standard InChI is InChI=1S/C16H11FN8O.C13H10FN5/c1-9(26)21-16-23-14-13(15(24-16)25-8-18-7-20-25)22-12(6-19-14)10-2-4-11(17)5-3-10;1-7-11-12(19-13(15)17-7)16-6-10(18-11)8-2-4-9(14)5-3-8/h2-8H,1H3,(H,19,21,23,24,26);2-6H,1H3,(H2,15,16,17,19). The van der Waals surface area contributed by atoms with Crippen molar-refractivity contribution in [3.05, 3.63) is 90.9 Å². The van der Waals surface area contributed by atoms with Crippen LogP contribution in [0, 0.1) is 18.6 Å². The van der Waals surface area contributed by atoms with E-state index >= 15 is 0 Å². The Labute approximate surface area is 252 Å². The molecule has 2 aromatic carbocycles. The average molecular weight is 606 g/mol. The van der Waals surface area contributed by atoms with Crippen LogP contribution in [0.2, 0.25) is 0 Å². The molecular formula is C29H21F2N13O. The number of carbonyl (C=O) groups excluding carboxylic acids is 1. The molecule has 0 atom stereocenters. The van der Waals surface area contributed by atoms with E-state index in [1.807, 2.05) is 0 Å². The number of carbonyl (C=O) groups is 1. The summed E-state index contributed by atoms with van der Waals surface area (Å²) < 4.78 is 27.4. The minimum atomic E-state index is -0.339. The lowest BCUT2D eigenvalue weighted by Crippen LogP contribution is -2.12. The second kappa shape index (κ2) is 12.0. The summed E-state index contributed by atoms with van der Waals surface area (Å²) in [5, 5.41) is 6.58. The van der Waals surface area contributed by atoms with Crippen molar-refractivity contribution in [3.63, 3.8) is 0 Å². The van der Waals surface area contributed by atoms with Crippen LogP contribution in [0.25, 0.3) is 50.7 Å². The second-order valence-electron chi connectivity index (χ2n) is 9.43. The molecule has 222 valence electrons. The van der Waals surface area contributed by atoms with E-state index in [1.54, 1.807) is 37.4 Å². The topological polar surface area (TPSA) is 189 Å². The number of aromatic nitrogens is 11. The van der Waals surface area contributed by atoms with Crippen molar-refractivity contribution < 1.29 is 13.6 Å². The highest BCUT2D eigenvalue weighted by Crippen LogP contribution is 2.23. The molecule has 0 aliphatic rings. The van der Waals surface area contributed by atoms with Crippen LogP contribution in [0.5, 0.6) is 0 Å². The number of anilines is 2. The fraction of sp³-hybridized carbons (Fsp3) is 0.0690. The quantitative estimate of drug-likeness (QED) is 0.295. The maximum atomic E-state index is 13.1. The summed E-state index contributed by atoms with van der Waals surface area (Å²) in [5.74, 6) is -0.371. The Morgan fingerprint density at radius 1 is 0.778 bits per heavy atom. The molecule has 14 nitrogen and oxygen atoms in total. The summed E-state index contributed by atoms with van der Waals surface area (Å²) >= 11 is 0. The number of amides is 1. The van der Waals surface area contributed by atoms with Gasteiger partial charge in [-0.3, -0.25) is 10.1 Å². The summed E-state index contributed by atoms with van der Waals surface area (Å²) in [6, 6.07) is 12.0. The third-order valence-corrected chi connectivity index (χ3v) is 6.19. The normalized spacial score (nSPS) is 10.8. The number of fused-ring (bicyclic) bond motifs is 2. The fourth-order valence-corrected chi connectivity index (χ4v) is 4.17. The molecular weight excluding hydrogens is 584 g/mol. The second-order valence-corrected chi connectivity index (χ2v) is 9.43. The number of halogens is 2. The zero-order valence-electron chi connectivity index (χ0n) is 23.6. The van der Waals surface area contributed by atoms with Gasteiger partial charge in [-0.05, 0) is 55.5 Å². The Morgan fingerprint density at radius 3 is 1.91 bits per heavy atom. The first kappa shape index (κ1) is 28.7. The van der Waals surface area contributed by atoms with Gasteiger partial charge in [0.15, 0.2) is 22.6 Å². The molecule has 0 saturated carbocycles. The summed E-state index contributed by atoms with van der Waals surface area (Å²) in [5.41, 5.74) is 10.6. The number of rotatable bonds is 4. The van der Waals surface area contributed by atoms with Crippen molar-refractivity contribution in [1.82, 2.24) is 54.6 Å². The van der Waals surface area contributed by atoms with E-state index in [-0.39, 0.29) is 35.1 Å². The lowest BCUT2D eigenvalue weighted by molar-refractivity contribution is -0.114. The molecule has 0 bridgehead atoms. The molecule has 7 aromatic rings. The zero-order chi connectivity index (χ0) is 31.5. The first-order valence-corrected chi connectivity index (χ1v) is 13.2. The van der Waals surface area contributed by atoms with Crippen molar-refractivity contribution in [2.75, 3.05) is 11.1 Å². The molecule has 16 heteroatoms. The van der Waals surface area contributed by atoms with Gasteiger partial charge in [-0.2, -0.15) is 20.1 Å². The highest BCUT2D eigenvalue weighted by atomic mass is 19.1. The van der Waals surface area contributed by atoms with Crippen LogP contribution >= 0.6 is 0 Å². The van der Waals surface area contributed by atoms with E-state index in [0.717, 1.165) is 5.56 Å². The number of hydrogen-bond donors (Lipinski definition) is 2. The molecule has 0 saturated heterocycles. The Hall–Kier alpha value is -6.45. The van der Waals surface area contributed by atoms with Gasteiger partial charge in [-0.25, -0.2) is 43.4 Å². The van der Waals surface area contributed by atoms with Crippen LogP contribution in [0.4, 0.5) is 20.7 Å². The van der Waals surface area contributed by atoms with Crippen molar-refractivity contribution >= 4 is 40.1 Å². The van der Waals surface area contributed by atoms with Crippen LogP contribution in [0.15, 0.2) is 73.6 Å². The van der Waals surface area contributed by atoms with Crippen LogP contribution in [0.3, 0.4) is 0 Å². The maximum absolute atomic E-state index is 13.1. The third-order valence-electron chi connectivity index (χ3n) is 6.19. The smallest absolute Gasteiger partial charge is 0.233 e. The number of hydrogen-bond acceptors (Lipinski definition) is 12. The lowest BCUT2D eigenvalue weighted by atomic mass is 10.1. The van der Waals surface area contributed by atoms with Crippen LogP contribution in [-0.4, -0.2) is 60.5 Å². The van der Waals surface area contributed by atoms with Gasteiger partial charge in [0.1, 0.15) is 29.8 Å². The molecule has 0 spiro atoms. The Balaban J connectivity index is 0.000000167. The largest absolute Gasteiger partial charge is 0.368 e. The molecule has 5 aromatic heterocycles. The Kier molecular flexibility index (Phi) is 7.67. The molecule has 0 aliphatic heterocycles. The van der Waals surface area contributed by atoms with Crippen molar-refractivity contribution in [1.29, 1.82) is 0 Å². The van der Waals surface area contributed by atoms with Gasteiger partial charge >= 0.3 is 0 Å².